The fourth-order valence-corrected chi connectivity index (χ4v) is 4.12. The summed E-state index contributed by atoms with van der Waals surface area (Å²) in [6.45, 7) is 9.50. The minimum Gasteiger partial charge on any atom is -0.464 e. The van der Waals surface area contributed by atoms with Crippen LogP contribution in [0.2, 0.25) is 0 Å². The highest BCUT2D eigenvalue weighted by molar-refractivity contribution is 6.10. The number of aryl methyl sites for hydroxylation is 1. The standard InChI is InChI=1S/C28H41NO9/c1-6-34-24(31)27(5)37-18-21(19-38-27)12-10-9-11-17-28(25(32)35-7-2,26(33)36-8-3)29-23(30)22-15-13-20(4)14-16-22/h13-16,21H,6-12,17-19H2,1-5H3,(H,29,30)/t21-,27+. The van der Waals surface area contributed by atoms with Gasteiger partial charge in [-0.05, 0) is 59.1 Å². The Morgan fingerprint density at radius 2 is 1.45 bits per heavy atom. The van der Waals surface area contributed by atoms with E-state index >= 15 is 0 Å². The molecule has 1 aromatic carbocycles. The lowest BCUT2D eigenvalue weighted by Crippen LogP contribution is -2.61. The minimum absolute atomic E-state index is 0.0286. The Balaban J connectivity index is 2.01. The topological polar surface area (TPSA) is 126 Å². The molecule has 10 heteroatoms. The van der Waals surface area contributed by atoms with E-state index in [-0.39, 0.29) is 32.2 Å². The number of benzene rings is 1. The van der Waals surface area contributed by atoms with Crippen LogP contribution in [-0.4, -0.2) is 68.2 Å². The van der Waals surface area contributed by atoms with Gasteiger partial charge in [-0.15, -0.1) is 0 Å². The third kappa shape index (κ3) is 8.26. The summed E-state index contributed by atoms with van der Waals surface area (Å²) in [5, 5.41) is 2.63. The number of hydrogen-bond acceptors (Lipinski definition) is 9. The number of carbonyl (C=O) groups is 4. The summed E-state index contributed by atoms with van der Waals surface area (Å²) in [5.74, 6) is -4.08. The highest BCUT2D eigenvalue weighted by Crippen LogP contribution is 2.27. The zero-order valence-electron chi connectivity index (χ0n) is 23.1. The molecule has 10 nitrogen and oxygen atoms in total. The number of ether oxygens (including phenoxy) is 5. The van der Waals surface area contributed by atoms with E-state index in [1.54, 1.807) is 52.0 Å². The zero-order valence-corrected chi connectivity index (χ0v) is 23.1. The normalized spacial score (nSPS) is 19.3. The van der Waals surface area contributed by atoms with Crippen LogP contribution in [0, 0.1) is 12.8 Å². The molecule has 212 valence electrons. The SMILES string of the molecule is CCOC(=O)C(CCCCC[C@H]1CO[C@@](C)(C(=O)OCC)OC1)(NC(=O)c1ccc(C)cc1)C(=O)OCC. The molecular weight excluding hydrogens is 494 g/mol. The molecule has 1 amide bonds. The highest BCUT2D eigenvalue weighted by Gasteiger charge is 2.50. The number of carbonyl (C=O) groups excluding carboxylic acids is 4. The van der Waals surface area contributed by atoms with E-state index in [1.807, 2.05) is 6.92 Å². The van der Waals surface area contributed by atoms with Gasteiger partial charge in [0, 0.05) is 18.4 Å². The molecule has 38 heavy (non-hydrogen) atoms. The molecule has 1 saturated heterocycles. The van der Waals surface area contributed by atoms with Gasteiger partial charge in [-0.25, -0.2) is 14.4 Å². The van der Waals surface area contributed by atoms with Crippen LogP contribution in [0.15, 0.2) is 24.3 Å². The molecule has 0 spiro atoms. The van der Waals surface area contributed by atoms with Gasteiger partial charge in [0.1, 0.15) is 0 Å². The Morgan fingerprint density at radius 3 is 1.97 bits per heavy atom. The van der Waals surface area contributed by atoms with Crippen molar-refractivity contribution in [3.05, 3.63) is 35.4 Å². The largest absolute Gasteiger partial charge is 0.464 e. The molecule has 1 N–H and O–H groups in total. The van der Waals surface area contributed by atoms with Crippen LogP contribution in [0.1, 0.15) is 75.7 Å². The van der Waals surface area contributed by atoms with Crippen molar-refractivity contribution in [2.75, 3.05) is 33.0 Å². The Morgan fingerprint density at radius 1 is 0.895 bits per heavy atom. The summed E-state index contributed by atoms with van der Waals surface area (Å²) < 4.78 is 26.7. The lowest BCUT2D eigenvalue weighted by Gasteiger charge is -2.35. The average molecular weight is 536 g/mol. The van der Waals surface area contributed by atoms with Gasteiger partial charge < -0.3 is 29.0 Å². The van der Waals surface area contributed by atoms with Crippen LogP contribution >= 0.6 is 0 Å². The summed E-state index contributed by atoms with van der Waals surface area (Å²) >= 11 is 0. The monoisotopic (exact) mass is 535 g/mol. The summed E-state index contributed by atoms with van der Waals surface area (Å²) in [6, 6.07) is 6.82. The van der Waals surface area contributed by atoms with Crippen molar-refractivity contribution in [1.29, 1.82) is 0 Å². The van der Waals surface area contributed by atoms with E-state index in [2.05, 4.69) is 5.32 Å². The van der Waals surface area contributed by atoms with E-state index in [0.29, 0.717) is 31.6 Å². The van der Waals surface area contributed by atoms with Crippen molar-refractivity contribution in [3.8, 4) is 0 Å². The first-order chi connectivity index (χ1) is 18.1. The second-order valence-corrected chi connectivity index (χ2v) is 9.42. The number of unbranched alkanes of at least 4 members (excludes halogenated alkanes) is 2. The van der Waals surface area contributed by atoms with Gasteiger partial charge in [-0.3, -0.25) is 4.79 Å². The summed E-state index contributed by atoms with van der Waals surface area (Å²) in [5.41, 5.74) is -0.657. The molecule has 0 aliphatic carbocycles. The summed E-state index contributed by atoms with van der Waals surface area (Å²) in [4.78, 5) is 51.2. The van der Waals surface area contributed by atoms with Crippen molar-refractivity contribution in [1.82, 2.24) is 5.32 Å². The molecular formula is C28H41NO9. The molecule has 2 rings (SSSR count). The number of amides is 1. The molecule has 0 atom stereocenters. The van der Waals surface area contributed by atoms with Crippen LogP contribution in [0.3, 0.4) is 0 Å². The predicted molar refractivity (Wildman–Crippen MR) is 138 cm³/mol. The second-order valence-electron chi connectivity index (χ2n) is 9.42. The van der Waals surface area contributed by atoms with Crippen molar-refractivity contribution in [2.45, 2.75) is 78.0 Å². The number of hydrogen-bond donors (Lipinski definition) is 1. The van der Waals surface area contributed by atoms with E-state index in [0.717, 1.165) is 18.4 Å². The van der Waals surface area contributed by atoms with E-state index in [1.165, 1.54) is 0 Å². The first-order valence-corrected chi connectivity index (χ1v) is 13.3. The van der Waals surface area contributed by atoms with Gasteiger partial charge in [0.2, 0.25) is 5.54 Å². The second kappa shape index (κ2) is 14.8. The quantitative estimate of drug-likeness (QED) is 0.165. The maximum absolute atomic E-state index is 13.1. The first kappa shape index (κ1) is 31.2. The van der Waals surface area contributed by atoms with Crippen LogP contribution in [0.25, 0.3) is 0 Å². The smallest absolute Gasteiger partial charge is 0.366 e. The Bertz CT molecular complexity index is 918. The maximum Gasteiger partial charge on any atom is 0.366 e. The van der Waals surface area contributed by atoms with Gasteiger partial charge in [0.25, 0.3) is 11.7 Å². The molecule has 1 aliphatic rings. The Kier molecular flexibility index (Phi) is 12.2. The lowest BCUT2D eigenvalue weighted by atomic mass is 9.90. The fourth-order valence-electron chi connectivity index (χ4n) is 4.12. The molecule has 0 unspecified atom stereocenters. The minimum atomic E-state index is -1.95. The van der Waals surface area contributed by atoms with E-state index < -0.39 is 35.1 Å². The average Bonchev–Trinajstić information content (AvgIpc) is 2.89. The fraction of sp³-hybridized carbons (Fsp3) is 0.643. The summed E-state index contributed by atoms with van der Waals surface area (Å²) in [7, 11) is 0. The van der Waals surface area contributed by atoms with Gasteiger partial charge in [0.15, 0.2) is 0 Å². The molecule has 0 bridgehead atoms. The Hall–Kier alpha value is -2.98. The number of nitrogens with one attached hydrogen (secondary N) is 1. The molecule has 1 fully saturated rings. The van der Waals surface area contributed by atoms with Crippen molar-refractivity contribution < 1.29 is 42.9 Å². The molecule has 1 heterocycles. The first-order valence-electron chi connectivity index (χ1n) is 13.3. The number of rotatable bonds is 14. The molecule has 1 aliphatic heterocycles. The van der Waals surface area contributed by atoms with Crippen LogP contribution < -0.4 is 5.32 Å². The molecule has 0 saturated carbocycles. The summed E-state index contributed by atoms with van der Waals surface area (Å²) in [6.07, 6.45) is 2.69. The maximum atomic E-state index is 13.1. The van der Waals surface area contributed by atoms with E-state index in [4.69, 9.17) is 23.7 Å². The van der Waals surface area contributed by atoms with Gasteiger partial charge >= 0.3 is 17.9 Å². The molecule has 0 radical (unpaired) electrons. The van der Waals surface area contributed by atoms with Crippen molar-refractivity contribution in [2.24, 2.45) is 5.92 Å². The number of esters is 3. The van der Waals surface area contributed by atoms with Crippen LogP contribution in [-0.2, 0) is 38.1 Å². The third-order valence-electron chi connectivity index (χ3n) is 6.39. The van der Waals surface area contributed by atoms with Gasteiger partial charge in [-0.2, -0.15) is 0 Å². The van der Waals surface area contributed by atoms with Gasteiger partial charge in [-0.1, -0.05) is 30.5 Å². The van der Waals surface area contributed by atoms with Crippen molar-refractivity contribution >= 4 is 23.8 Å². The van der Waals surface area contributed by atoms with Crippen molar-refractivity contribution in [3.63, 3.8) is 0 Å². The predicted octanol–water partition coefficient (Wildman–Crippen LogP) is 3.48. The van der Waals surface area contributed by atoms with Gasteiger partial charge in [0.05, 0.1) is 33.0 Å². The lowest BCUT2D eigenvalue weighted by molar-refractivity contribution is -0.274. The van der Waals surface area contributed by atoms with Crippen LogP contribution in [0.4, 0.5) is 0 Å². The molecule has 1 aromatic rings. The zero-order chi connectivity index (χ0) is 28.2. The van der Waals surface area contributed by atoms with Crippen LogP contribution in [0.5, 0.6) is 0 Å². The Labute approximate surface area is 224 Å². The highest BCUT2D eigenvalue weighted by atomic mass is 16.7. The third-order valence-corrected chi connectivity index (χ3v) is 6.39. The van der Waals surface area contributed by atoms with E-state index in [9.17, 15) is 19.2 Å². The molecule has 0 aromatic heterocycles.